The lowest BCUT2D eigenvalue weighted by molar-refractivity contribution is 0.102. The van der Waals surface area contributed by atoms with E-state index in [0.717, 1.165) is 36.5 Å². The van der Waals surface area contributed by atoms with Gasteiger partial charge in [0.25, 0.3) is 11.5 Å². The maximum atomic E-state index is 12.3. The zero-order chi connectivity index (χ0) is 17.4. The number of nitrogens with zero attached hydrogens (tertiary/aromatic N) is 3. The molecule has 0 saturated heterocycles. The van der Waals surface area contributed by atoms with Crippen LogP contribution in [0.4, 0.5) is 5.69 Å². The summed E-state index contributed by atoms with van der Waals surface area (Å²) in [6.07, 6.45) is 5.68. The van der Waals surface area contributed by atoms with Crippen LogP contribution in [0.15, 0.2) is 53.6 Å². The van der Waals surface area contributed by atoms with Crippen molar-refractivity contribution in [3.8, 4) is 11.3 Å². The van der Waals surface area contributed by atoms with Crippen molar-refractivity contribution in [2.75, 3.05) is 5.32 Å². The quantitative estimate of drug-likeness (QED) is 0.800. The number of fused-ring (bicyclic) bond motifs is 1. The first-order valence-electron chi connectivity index (χ1n) is 8.25. The molecule has 1 aromatic carbocycles. The molecule has 1 N–H and O–H groups in total. The van der Waals surface area contributed by atoms with Crippen LogP contribution in [0.1, 0.15) is 22.6 Å². The van der Waals surface area contributed by atoms with E-state index in [1.165, 1.54) is 10.6 Å². The lowest BCUT2D eigenvalue weighted by Gasteiger charge is -2.08. The van der Waals surface area contributed by atoms with E-state index in [1.807, 2.05) is 30.5 Å². The van der Waals surface area contributed by atoms with Crippen LogP contribution in [0.3, 0.4) is 0 Å². The predicted molar refractivity (Wildman–Crippen MR) is 95.6 cm³/mol. The third-order valence-corrected chi connectivity index (χ3v) is 4.53. The summed E-state index contributed by atoms with van der Waals surface area (Å²) in [6.45, 7) is 1.00. The standard InChI is InChI=1S/C19H18N4O2/c1-22-10-2-4-15(19(22)25)18(24)21-14-8-6-13(7-9-14)16-12-20-17-5-3-11-23(16)17/h2,4,6-10,12H,3,5,11H2,1H3,(H,21,24). The molecule has 0 radical (unpaired) electrons. The highest BCUT2D eigenvalue weighted by atomic mass is 16.2. The van der Waals surface area contributed by atoms with Crippen LogP contribution < -0.4 is 10.9 Å². The zero-order valence-corrected chi connectivity index (χ0v) is 13.9. The van der Waals surface area contributed by atoms with Crippen LogP contribution in [0.25, 0.3) is 11.3 Å². The third kappa shape index (κ3) is 2.76. The lowest BCUT2D eigenvalue weighted by Crippen LogP contribution is -2.26. The molecule has 0 aliphatic carbocycles. The van der Waals surface area contributed by atoms with Crippen molar-refractivity contribution in [1.82, 2.24) is 14.1 Å². The van der Waals surface area contributed by atoms with Crippen molar-refractivity contribution in [2.45, 2.75) is 19.4 Å². The maximum absolute atomic E-state index is 12.3. The van der Waals surface area contributed by atoms with Crippen molar-refractivity contribution in [3.05, 3.63) is 70.5 Å². The molecule has 3 aromatic rings. The van der Waals surface area contributed by atoms with Gasteiger partial charge in [-0.05, 0) is 36.2 Å². The van der Waals surface area contributed by atoms with Gasteiger partial charge in [-0.2, -0.15) is 0 Å². The summed E-state index contributed by atoms with van der Waals surface area (Å²) >= 11 is 0. The molecule has 0 saturated carbocycles. The van der Waals surface area contributed by atoms with Gasteiger partial charge >= 0.3 is 0 Å². The molecule has 4 rings (SSSR count). The molecular weight excluding hydrogens is 316 g/mol. The SMILES string of the molecule is Cn1cccc(C(=O)Nc2ccc(-c3cnc4n3CCC4)cc2)c1=O. The van der Waals surface area contributed by atoms with Gasteiger partial charge in [0.2, 0.25) is 0 Å². The average Bonchev–Trinajstić information content (AvgIpc) is 3.21. The summed E-state index contributed by atoms with van der Waals surface area (Å²) in [5, 5.41) is 2.78. The minimum atomic E-state index is -0.404. The molecule has 6 nitrogen and oxygen atoms in total. The Hall–Kier alpha value is -3.15. The van der Waals surface area contributed by atoms with Crippen LogP contribution in [0.5, 0.6) is 0 Å². The highest BCUT2D eigenvalue weighted by Gasteiger charge is 2.16. The van der Waals surface area contributed by atoms with E-state index in [2.05, 4.69) is 14.9 Å². The first kappa shape index (κ1) is 15.4. The number of hydrogen-bond acceptors (Lipinski definition) is 3. The van der Waals surface area contributed by atoms with Gasteiger partial charge in [-0.1, -0.05) is 12.1 Å². The Bertz CT molecular complexity index is 999. The predicted octanol–water partition coefficient (Wildman–Crippen LogP) is 2.45. The molecule has 6 heteroatoms. The molecule has 0 atom stereocenters. The summed E-state index contributed by atoms with van der Waals surface area (Å²) < 4.78 is 3.62. The molecule has 0 unspecified atom stereocenters. The van der Waals surface area contributed by atoms with Crippen LogP contribution in [0.2, 0.25) is 0 Å². The fraction of sp³-hybridized carbons (Fsp3) is 0.211. The minimum Gasteiger partial charge on any atom is -0.328 e. The molecule has 2 aromatic heterocycles. The maximum Gasteiger partial charge on any atom is 0.263 e. The van der Waals surface area contributed by atoms with Gasteiger partial charge in [-0.25, -0.2) is 4.98 Å². The molecule has 3 heterocycles. The van der Waals surface area contributed by atoms with E-state index >= 15 is 0 Å². The van der Waals surface area contributed by atoms with E-state index in [4.69, 9.17) is 0 Å². The number of aryl methyl sites for hydroxylation is 2. The van der Waals surface area contributed by atoms with E-state index in [-0.39, 0.29) is 11.1 Å². The average molecular weight is 334 g/mol. The summed E-state index contributed by atoms with van der Waals surface area (Å²) in [5.74, 6) is 0.728. The number of nitrogens with one attached hydrogen (secondary N) is 1. The molecule has 0 spiro atoms. The summed E-state index contributed by atoms with van der Waals surface area (Å²) in [6, 6.07) is 10.8. The van der Waals surface area contributed by atoms with Gasteiger partial charge in [0.1, 0.15) is 11.4 Å². The van der Waals surface area contributed by atoms with Crippen LogP contribution >= 0.6 is 0 Å². The number of aromatic nitrogens is 3. The molecule has 0 bridgehead atoms. The zero-order valence-electron chi connectivity index (χ0n) is 13.9. The lowest BCUT2D eigenvalue weighted by atomic mass is 10.1. The number of carbonyl (C=O) groups excluding carboxylic acids is 1. The van der Waals surface area contributed by atoms with E-state index in [9.17, 15) is 9.59 Å². The molecule has 0 fully saturated rings. The van der Waals surface area contributed by atoms with Gasteiger partial charge in [-0.3, -0.25) is 9.59 Å². The Kier molecular flexibility index (Phi) is 3.72. The number of benzene rings is 1. The van der Waals surface area contributed by atoms with Gasteiger partial charge in [0, 0.05) is 31.9 Å². The number of carbonyl (C=O) groups is 1. The van der Waals surface area contributed by atoms with Gasteiger partial charge < -0.3 is 14.5 Å². The molecule has 25 heavy (non-hydrogen) atoms. The second kappa shape index (κ2) is 6.05. The van der Waals surface area contributed by atoms with Crippen molar-refractivity contribution in [3.63, 3.8) is 0 Å². The fourth-order valence-corrected chi connectivity index (χ4v) is 3.18. The first-order chi connectivity index (χ1) is 12.1. The van der Waals surface area contributed by atoms with Crippen LogP contribution in [-0.4, -0.2) is 20.0 Å². The Morgan fingerprint density at radius 1 is 1.20 bits per heavy atom. The number of imidazole rings is 1. The van der Waals surface area contributed by atoms with Crippen molar-refractivity contribution < 1.29 is 4.79 Å². The monoisotopic (exact) mass is 334 g/mol. The van der Waals surface area contributed by atoms with Crippen molar-refractivity contribution >= 4 is 11.6 Å². The number of anilines is 1. The largest absolute Gasteiger partial charge is 0.328 e. The summed E-state index contributed by atoms with van der Waals surface area (Å²) in [7, 11) is 1.62. The number of rotatable bonds is 3. The van der Waals surface area contributed by atoms with Gasteiger partial charge in [-0.15, -0.1) is 0 Å². The Morgan fingerprint density at radius 3 is 2.80 bits per heavy atom. The van der Waals surface area contributed by atoms with Crippen molar-refractivity contribution in [1.29, 1.82) is 0 Å². The molecule has 1 amide bonds. The van der Waals surface area contributed by atoms with E-state index in [0.29, 0.717) is 5.69 Å². The number of pyridine rings is 1. The normalized spacial score (nSPS) is 12.8. The smallest absolute Gasteiger partial charge is 0.263 e. The fourth-order valence-electron chi connectivity index (χ4n) is 3.18. The highest BCUT2D eigenvalue weighted by Crippen LogP contribution is 2.26. The second-order valence-corrected chi connectivity index (χ2v) is 6.18. The van der Waals surface area contributed by atoms with Gasteiger partial charge in [0.15, 0.2) is 0 Å². The Labute approximate surface area is 144 Å². The number of hydrogen-bond donors (Lipinski definition) is 1. The first-order valence-corrected chi connectivity index (χ1v) is 8.25. The van der Waals surface area contributed by atoms with Crippen LogP contribution in [0, 0.1) is 0 Å². The Balaban J connectivity index is 1.55. The Morgan fingerprint density at radius 2 is 2.00 bits per heavy atom. The van der Waals surface area contributed by atoms with Gasteiger partial charge in [0.05, 0.1) is 11.9 Å². The van der Waals surface area contributed by atoms with E-state index < -0.39 is 5.91 Å². The molecule has 126 valence electrons. The highest BCUT2D eigenvalue weighted by molar-refractivity contribution is 6.04. The third-order valence-electron chi connectivity index (χ3n) is 4.53. The van der Waals surface area contributed by atoms with Crippen molar-refractivity contribution in [2.24, 2.45) is 7.05 Å². The minimum absolute atomic E-state index is 0.127. The number of amides is 1. The second-order valence-electron chi connectivity index (χ2n) is 6.18. The summed E-state index contributed by atoms with van der Waals surface area (Å²) in [4.78, 5) is 28.8. The summed E-state index contributed by atoms with van der Waals surface area (Å²) in [5.41, 5.74) is 2.63. The molecular formula is C19H18N4O2. The molecule has 1 aliphatic heterocycles. The molecule has 1 aliphatic rings. The van der Waals surface area contributed by atoms with Crippen LogP contribution in [-0.2, 0) is 20.0 Å². The topological polar surface area (TPSA) is 68.9 Å². The van der Waals surface area contributed by atoms with E-state index in [1.54, 1.807) is 19.3 Å².